The Balaban J connectivity index is 2.42. The van der Waals surface area contributed by atoms with Gasteiger partial charge in [0.1, 0.15) is 0 Å². The van der Waals surface area contributed by atoms with Crippen molar-refractivity contribution in [2.75, 3.05) is 0 Å². The van der Waals surface area contributed by atoms with Crippen molar-refractivity contribution in [2.24, 2.45) is 5.73 Å². The molecule has 0 aliphatic carbocycles. The summed E-state index contributed by atoms with van der Waals surface area (Å²) in [4.78, 5) is 11.5. The normalized spacial score (nSPS) is 12.8. The largest absolute Gasteiger partial charge is 0.354 e. The number of nitrogens with zero attached hydrogens (tertiary/aromatic N) is 1. The van der Waals surface area contributed by atoms with Crippen molar-refractivity contribution in [2.45, 2.75) is 52.2 Å². The first-order valence-electron chi connectivity index (χ1n) is 6.23. The maximum absolute atomic E-state index is 11.5. The van der Waals surface area contributed by atoms with Gasteiger partial charge >= 0.3 is 0 Å². The van der Waals surface area contributed by atoms with Crippen LogP contribution in [0.2, 0.25) is 0 Å². The standard InChI is InChI=1S/C13H23N3O/c1-4-12(14)11-5-7-16(9-11)8-6-13(17)15-10(2)3/h5,7,9-10,12H,4,6,8,14H2,1-3H3,(H,15,17). The van der Waals surface area contributed by atoms with Crippen molar-refractivity contribution in [1.82, 2.24) is 9.88 Å². The Labute approximate surface area is 103 Å². The van der Waals surface area contributed by atoms with E-state index in [4.69, 9.17) is 5.73 Å². The van der Waals surface area contributed by atoms with Gasteiger partial charge < -0.3 is 15.6 Å². The molecular formula is C13H23N3O. The number of nitrogens with two attached hydrogens (primary N) is 1. The molecular weight excluding hydrogens is 214 g/mol. The monoisotopic (exact) mass is 237 g/mol. The Morgan fingerprint density at radius 2 is 2.24 bits per heavy atom. The van der Waals surface area contributed by atoms with Crippen LogP contribution in [0.4, 0.5) is 0 Å². The molecule has 0 radical (unpaired) electrons. The summed E-state index contributed by atoms with van der Waals surface area (Å²) in [6.45, 7) is 6.70. The molecule has 0 aliphatic heterocycles. The lowest BCUT2D eigenvalue weighted by molar-refractivity contribution is -0.121. The average Bonchev–Trinajstić information content (AvgIpc) is 2.73. The van der Waals surface area contributed by atoms with Gasteiger partial charge in [-0.3, -0.25) is 4.79 Å². The van der Waals surface area contributed by atoms with E-state index in [0.717, 1.165) is 12.0 Å². The number of aryl methyl sites for hydroxylation is 1. The highest BCUT2D eigenvalue weighted by atomic mass is 16.1. The highest BCUT2D eigenvalue weighted by Gasteiger charge is 2.06. The minimum Gasteiger partial charge on any atom is -0.354 e. The number of carbonyl (C=O) groups is 1. The third kappa shape index (κ3) is 4.61. The minimum absolute atomic E-state index is 0.0926. The van der Waals surface area contributed by atoms with E-state index in [0.29, 0.717) is 13.0 Å². The molecule has 17 heavy (non-hydrogen) atoms. The third-order valence-electron chi connectivity index (χ3n) is 2.69. The zero-order valence-electron chi connectivity index (χ0n) is 10.9. The average molecular weight is 237 g/mol. The fraction of sp³-hybridized carbons (Fsp3) is 0.615. The molecule has 0 aromatic carbocycles. The molecule has 0 fully saturated rings. The first kappa shape index (κ1) is 13.8. The molecule has 3 N–H and O–H groups in total. The van der Waals surface area contributed by atoms with E-state index in [1.807, 2.05) is 36.9 Å². The van der Waals surface area contributed by atoms with Crippen molar-refractivity contribution in [3.63, 3.8) is 0 Å². The predicted octanol–water partition coefficient (Wildman–Crippen LogP) is 1.81. The van der Waals surface area contributed by atoms with E-state index in [1.54, 1.807) is 0 Å². The number of amides is 1. The lowest BCUT2D eigenvalue weighted by Gasteiger charge is -2.09. The topological polar surface area (TPSA) is 60.0 Å². The quantitative estimate of drug-likeness (QED) is 0.792. The molecule has 1 aromatic heterocycles. The Morgan fingerprint density at radius 3 is 2.82 bits per heavy atom. The summed E-state index contributed by atoms with van der Waals surface area (Å²) in [5.41, 5.74) is 7.07. The number of carbonyl (C=O) groups excluding carboxylic acids is 1. The maximum atomic E-state index is 11.5. The molecule has 96 valence electrons. The molecule has 1 heterocycles. The first-order chi connectivity index (χ1) is 8.02. The van der Waals surface area contributed by atoms with Crippen LogP contribution >= 0.6 is 0 Å². The van der Waals surface area contributed by atoms with Gasteiger partial charge in [-0.2, -0.15) is 0 Å². The lowest BCUT2D eigenvalue weighted by Crippen LogP contribution is -2.30. The van der Waals surface area contributed by atoms with Gasteiger partial charge in [0.05, 0.1) is 0 Å². The summed E-state index contributed by atoms with van der Waals surface area (Å²) in [7, 11) is 0. The second-order valence-corrected chi connectivity index (χ2v) is 4.67. The van der Waals surface area contributed by atoms with E-state index >= 15 is 0 Å². The summed E-state index contributed by atoms with van der Waals surface area (Å²) in [5, 5.41) is 2.88. The molecule has 0 saturated carbocycles. The van der Waals surface area contributed by atoms with Crippen molar-refractivity contribution in [3.05, 3.63) is 24.0 Å². The fourth-order valence-electron chi connectivity index (χ4n) is 1.68. The van der Waals surface area contributed by atoms with E-state index in [9.17, 15) is 4.79 Å². The second-order valence-electron chi connectivity index (χ2n) is 4.67. The smallest absolute Gasteiger partial charge is 0.221 e. The van der Waals surface area contributed by atoms with Crippen molar-refractivity contribution in [1.29, 1.82) is 0 Å². The zero-order valence-corrected chi connectivity index (χ0v) is 10.9. The van der Waals surface area contributed by atoms with Crippen LogP contribution in [-0.2, 0) is 11.3 Å². The van der Waals surface area contributed by atoms with E-state index < -0.39 is 0 Å². The summed E-state index contributed by atoms with van der Waals surface area (Å²) in [5.74, 6) is 0.0926. The molecule has 4 nitrogen and oxygen atoms in total. The lowest BCUT2D eigenvalue weighted by atomic mass is 10.1. The van der Waals surface area contributed by atoms with Gasteiger partial charge in [-0.25, -0.2) is 0 Å². The molecule has 1 amide bonds. The van der Waals surface area contributed by atoms with Gasteiger partial charge in [0.2, 0.25) is 5.91 Å². The van der Waals surface area contributed by atoms with Crippen molar-refractivity contribution < 1.29 is 4.79 Å². The van der Waals surface area contributed by atoms with Gasteiger partial charge in [0, 0.05) is 37.4 Å². The molecule has 1 unspecified atom stereocenters. The second kappa shape index (κ2) is 6.45. The van der Waals surface area contributed by atoms with Crippen LogP contribution in [0, 0.1) is 0 Å². The summed E-state index contributed by atoms with van der Waals surface area (Å²) in [6.07, 6.45) is 5.44. The zero-order chi connectivity index (χ0) is 12.8. The highest BCUT2D eigenvalue weighted by molar-refractivity contribution is 5.76. The maximum Gasteiger partial charge on any atom is 0.221 e. The van der Waals surface area contributed by atoms with E-state index in [1.165, 1.54) is 0 Å². The van der Waals surface area contributed by atoms with Crippen LogP contribution in [0.5, 0.6) is 0 Å². The Morgan fingerprint density at radius 1 is 1.53 bits per heavy atom. The Hall–Kier alpha value is -1.29. The van der Waals surface area contributed by atoms with Gasteiger partial charge in [-0.05, 0) is 31.9 Å². The van der Waals surface area contributed by atoms with Crippen LogP contribution in [0.3, 0.4) is 0 Å². The van der Waals surface area contributed by atoms with Gasteiger partial charge in [0.25, 0.3) is 0 Å². The Bertz CT molecular complexity index is 357. The first-order valence-corrected chi connectivity index (χ1v) is 6.23. The highest BCUT2D eigenvalue weighted by Crippen LogP contribution is 2.13. The van der Waals surface area contributed by atoms with Crippen LogP contribution in [0.25, 0.3) is 0 Å². The summed E-state index contributed by atoms with van der Waals surface area (Å²) in [6, 6.07) is 2.33. The number of rotatable bonds is 6. The molecule has 1 aromatic rings. The van der Waals surface area contributed by atoms with E-state index in [2.05, 4.69) is 12.2 Å². The van der Waals surface area contributed by atoms with Crippen LogP contribution < -0.4 is 11.1 Å². The van der Waals surface area contributed by atoms with Crippen LogP contribution in [0.15, 0.2) is 18.5 Å². The van der Waals surface area contributed by atoms with Gasteiger partial charge in [0.15, 0.2) is 0 Å². The van der Waals surface area contributed by atoms with Crippen LogP contribution in [0.1, 0.15) is 45.2 Å². The van der Waals surface area contributed by atoms with Crippen molar-refractivity contribution >= 4 is 5.91 Å². The molecule has 0 aliphatic rings. The van der Waals surface area contributed by atoms with Gasteiger partial charge in [-0.1, -0.05) is 6.92 Å². The molecule has 1 atom stereocenters. The molecule has 4 heteroatoms. The van der Waals surface area contributed by atoms with Crippen LogP contribution in [-0.4, -0.2) is 16.5 Å². The third-order valence-corrected chi connectivity index (χ3v) is 2.69. The SMILES string of the molecule is CCC(N)c1ccn(CCC(=O)NC(C)C)c1. The number of nitrogens with one attached hydrogen (secondary N) is 1. The number of hydrogen-bond donors (Lipinski definition) is 2. The minimum atomic E-state index is 0.0926. The number of aromatic nitrogens is 1. The summed E-state index contributed by atoms with van der Waals surface area (Å²) < 4.78 is 2.02. The fourth-order valence-corrected chi connectivity index (χ4v) is 1.68. The number of hydrogen-bond acceptors (Lipinski definition) is 2. The molecule has 1 rings (SSSR count). The van der Waals surface area contributed by atoms with Crippen molar-refractivity contribution in [3.8, 4) is 0 Å². The molecule has 0 saturated heterocycles. The van der Waals surface area contributed by atoms with E-state index in [-0.39, 0.29) is 18.0 Å². The predicted molar refractivity (Wildman–Crippen MR) is 69.5 cm³/mol. The molecule has 0 spiro atoms. The Kier molecular flexibility index (Phi) is 5.22. The molecule has 0 bridgehead atoms. The van der Waals surface area contributed by atoms with Gasteiger partial charge in [-0.15, -0.1) is 0 Å². The summed E-state index contributed by atoms with van der Waals surface area (Å²) >= 11 is 0.